The van der Waals surface area contributed by atoms with Crippen LogP contribution >= 0.6 is 0 Å². The number of hydrogen-bond donors (Lipinski definition) is 7. The number of unbranched alkanes of at least 4 members (excludes halogenated alkanes) is 1. The van der Waals surface area contributed by atoms with Gasteiger partial charge in [0.1, 0.15) is 48.8 Å². The van der Waals surface area contributed by atoms with E-state index >= 15 is 0 Å². The van der Waals surface area contributed by atoms with E-state index in [1.54, 1.807) is 0 Å². The smallest absolute Gasteiger partial charge is 0.187 e. The lowest BCUT2D eigenvalue weighted by Gasteiger charge is -2.45. The van der Waals surface area contributed by atoms with Crippen LogP contribution in [0.5, 0.6) is 0 Å². The van der Waals surface area contributed by atoms with Gasteiger partial charge in [-0.1, -0.05) is 13.3 Å². The van der Waals surface area contributed by atoms with E-state index < -0.39 is 74.6 Å². The van der Waals surface area contributed by atoms with Crippen molar-refractivity contribution in [2.75, 3.05) is 19.8 Å². The van der Waals surface area contributed by atoms with E-state index in [9.17, 15) is 35.7 Å². The molecule has 11 nitrogen and oxygen atoms in total. The first-order valence-electron chi connectivity index (χ1n) is 9.05. The molecule has 2 aliphatic heterocycles. The van der Waals surface area contributed by atoms with Crippen LogP contribution in [0.2, 0.25) is 0 Å². The van der Waals surface area contributed by atoms with E-state index in [4.69, 9.17) is 18.9 Å². The molecule has 2 saturated heterocycles. The highest BCUT2D eigenvalue weighted by Crippen LogP contribution is 2.29. The third-order valence-electron chi connectivity index (χ3n) is 4.74. The number of ether oxygens (including phenoxy) is 4. The van der Waals surface area contributed by atoms with Crippen molar-refractivity contribution in [2.45, 2.75) is 81.2 Å². The molecule has 5 unspecified atom stereocenters. The van der Waals surface area contributed by atoms with Crippen molar-refractivity contribution in [1.29, 1.82) is 0 Å². The molecule has 2 aliphatic rings. The molecule has 0 spiro atoms. The summed E-state index contributed by atoms with van der Waals surface area (Å²) in [6.45, 7) is 1.02. The van der Waals surface area contributed by atoms with Crippen LogP contribution < -0.4 is 0 Å². The minimum atomic E-state index is -1.69. The maximum absolute atomic E-state index is 10.4. The lowest BCUT2D eigenvalue weighted by Crippen LogP contribution is -2.64. The summed E-state index contributed by atoms with van der Waals surface area (Å²) < 4.78 is 21.5. The average molecular weight is 398 g/mol. The number of rotatable bonds is 8. The van der Waals surface area contributed by atoms with Gasteiger partial charge in [-0.05, 0) is 6.42 Å². The second kappa shape index (κ2) is 10.4. The number of aliphatic hydroxyl groups excluding tert-OH is 7. The van der Waals surface area contributed by atoms with Crippen molar-refractivity contribution >= 4 is 0 Å². The fourth-order valence-corrected chi connectivity index (χ4v) is 3.04. The van der Waals surface area contributed by atoms with Gasteiger partial charge in [-0.25, -0.2) is 0 Å². The summed E-state index contributed by atoms with van der Waals surface area (Å²) in [5.41, 5.74) is 0. The monoisotopic (exact) mass is 398 g/mol. The summed E-state index contributed by atoms with van der Waals surface area (Å²) in [6.07, 6.45) is -12.7. The Balaban J connectivity index is 2.06. The Labute approximate surface area is 156 Å². The maximum atomic E-state index is 10.4. The maximum Gasteiger partial charge on any atom is 0.187 e. The third kappa shape index (κ3) is 5.14. The number of aliphatic hydroxyl groups is 7. The van der Waals surface area contributed by atoms with Gasteiger partial charge in [0.2, 0.25) is 0 Å². The Hall–Kier alpha value is -0.440. The fourth-order valence-electron chi connectivity index (χ4n) is 3.04. The summed E-state index contributed by atoms with van der Waals surface area (Å²) in [4.78, 5) is 0. The molecule has 10 atom stereocenters. The number of hydrogen-bond acceptors (Lipinski definition) is 11. The van der Waals surface area contributed by atoms with Crippen LogP contribution in [0, 0.1) is 0 Å². The fraction of sp³-hybridized carbons (Fsp3) is 1.00. The molecule has 11 heteroatoms. The molecule has 0 radical (unpaired) electrons. The van der Waals surface area contributed by atoms with E-state index in [0.717, 1.165) is 12.8 Å². The van der Waals surface area contributed by atoms with Gasteiger partial charge in [0.25, 0.3) is 0 Å². The molecule has 0 aromatic heterocycles. The molecular weight excluding hydrogens is 368 g/mol. The molecule has 0 aromatic rings. The predicted molar refractivity (Wildman–Crippen MR) is 87.3 cm³/mol. The Morgan fingerprint density at radius 3 is 1.93 bits per heavy atom. The van der Waals surface area contributed by atoms with Crippen LogP contribution in [0.15, 0.2) is 0 Å². The molecule has 0 aliphatic carbocycles. The average Bonchev–Trinajstić information content (AvgIpc) is 2.67. The Bertz CT molecular complexity index is 435. The van der Waals surface area contributed by atoms with Crippen LogP contribution in [-0.4, -0.2) is 117 Å². The van der Waals surface area contributed by atoms with Crippen molar-refractivity contribution in [3.05, 3.63) is 0 Å². The molecule has 27 heavy (non-hydrogen) atoms. The molecule has 2 fully saturated rings. The van der Waals surface area contributed by atoms with Crippen molar-refractivity contribution < 1.29 is 54.7 Å². The van der Waals surface area contributed by atoms with E-state index in [1.165, 1.54) is 0 Å². The van der Waals surface area contributed by atoms with E-state index in [1.807, 2.05) is 6.92 Å². The molecule has 0 saturated carbocycles. The Morgan fingerprint density at radius 1 is 0.741 bits per heavy atom. The molecule has 0 bridgehead atoms. The second-order valence-corrected chi connectivity index (χ2v) is 6.73. The first-order chi connectivity index (χ1) is 12.8. The van der Waals surface area contributed by atoms with Gasteiger partial charge in [-0.3, -0.25) is 0 Å². The molecule has 160 valence electrons. The van der Waals surface area contributed by atoms with Gasteiger partial charge in [0.05, 0.1) is 13.2 Å². The zero-order valence-corrected chi connectivity index (χ0v) is 15.1. The summed E-state index contributed by atoms with van der Waals surface area (Å²) in [5, 5.41) is 69.0. The van der Waals surface area contributed by atoms with Gasteiger partial charge in [-0.2, -0.15) is 0 Å². The van der Waals surface area contributed by atoms with E-state index in [-0.39, 0.29) is 0 Å². The van der Waals surface area contributed by atoms with Crippen molar-refractivity contribution in [3.63, 3.8) is 0 Å². The predicted octanol–water partition coefficient (Wildman–Crippen LogP) is -3.57. The van der Waals surface area contributed by atoms with Crippen molar-refractivity contribution in [2.24, 2.45) is 0 Å². The summed E-state index contributed by atoms with van der Waals surface area (Å²) in [5.74, 6) is 0. The highest BCUT2D eigenvalue weighted by Gasteiger charge is 2.50. The highest BCUT2D eigenvalue weighted by atomic mass is 16.7. The van der Waals surface area contributed by atoms with Gasteiger partial charge >= 0.3 is 0 Å². The normalized spacial score (nSPS) is 45.8. The standard InChI is InChI=1S/C16H30O11/c1-2-3-4-24-15-13(23)11(21)14(8(6-18)26-15)27-16-12(22)10(20)9(19)7(5-17)25-16/h7-23H,2-6H2,1H3/t7?,8?,9-,10?,11?,12-,13?,14+,15+,16-/m0/s1. The lowest BCUT2D eigenvalue weighted by molar-refractivity contribution is -0.359. The van der Waals surface area contributed by atoms with Gasteiger partial charge in [0, 0.05) is 6.61 Å². The molecule has 0 aromatic carbocycles. The molecule has 2 heterocycles. The summed E-state index contributed by atoms with van der Waals surface area (Å²) in [7, 11) is 0. The Morgan fingerprint density at radius 2 is 1.33 bits per heavy atom. The summed E-state index contributed by atoms with van der Waals surface area (Å²) in [6, 6.07) is 0. The third-order valence-corrected chi connectivity index (χ3v) is 4.74. The lowest BCUT2D eigenvalue weighted by atomic mass is 9.97. The van der Waals surface area contributed by atoms with Gasteiger partial charge in [0.15, 0.2) is 12.6 Å². The highest BCUT2D eigenvalue weighted by molar-refractivity contribution is 4.94. The van der Waals surface area contributed by atoms with Crippen LogP contribution in [0.1, 0.15) is 19.8 Å². The van der Waals surface area contributed by atoms with Gasteiger partial charge in [-0.15, -0.1) is 0 Å². The molecular formula is C16H30O11. The van der Waals surface area contributed by atoms with Crippen molar-refractivity contribution in [3.8, 4) is 0 Å². The molecule has 0 amide bonds. The van der Waals surface area contributed by atoms with E-state index in [0.29, 0.717) is 6.61 Å². The first kappa shape index (κ1) is 22.8. The largest absolute Gasteiger partial charge is 0.394 e. The molecule has 2 rings (SSSR count). The SMILES string of the molecule is CCCCO[C@@H]1OC(CO)[C@@H](O[C@@H]2OC(CO)[C@H](O)C(O)[C@@H]2O)C(O)C1O. The van der Waals surface area contributed by atoms with Crippen LogP contribution in [-0.2, 0) is 18.9 Å². The zero-order valence-electron chi connectivity index (χ0n) is 15.1. The minimum Gasteiger partial charge on any atom is -0.394 e. The second-order valence-electron chi connectivity index (χ2n) is 6.73. The Kier molecular flexibility index (Phi) is 8.77. The van der Waals surface area contributed by atoms with Crippen LogP contribution in [0.25, 0.3) is 0 Å². The van der Waals surface area contributed by atoms with Crippen molar-refractivity contribution in [1.82, 2.24) is 0 Å². The molecule has 7 N–H and O–H groups in total. The topological polar surface area (TPSA) is 179 Å². The zero-order chi connectivity index (χ0) is 20.1. The minimum absolute atomic E-state index is 0.293. The van der Waals surface area contributed by atoms with Crippen LogP contribution in [0.4, 0.5) is 0 Å². The first-order valence-corrected chi connectivity index (χ1v) is 9.05. The summed E-state index contributed by atoms with van der Waals surface area (Å²) >= 11 is 0. The quantitative estimate of drug-likeness (QED) is 0.201. The van der Waals surface area contributed by atoms with E-state index in [2.05, 4.69) is 0 Å². The van der Waals surface area contributed by atoms with Crippen LogP contribution in [0.3, 0.4) is 0 Å². The van der Waals surface area contributed by atoms with Gasteiger partial charge < -0.3 is 54.7 Å².